The summed E-state index contributed by atoms with van der Waals surface area (Å²) in [4.78, 5) is -2.11. The van der Waals surface area contributed by atoms with Crippen LogP contribution in [0.2, 0.25) is 0 Å². The Hall–Kier alpha value is -0.480. The fraction of sp³-hybridized carbons (Fsp3) is 0.143. The highest BCUT2D eigenvalue weighted by atomic mass is 79.9. The van der Waals surface area contributed by atoms with E-state index in [0.717, 1.165) is 12.1 Å². The van der Waals surface area contributed by atoms with E-state index in [1.807, 2.05) is 4.18 Å². The first-order valence-electron chi connectivity index (χ1n) is 3.77. The third-order valence-corrected chi connectivity index (χ3v) is 3.76. The molecule has 0 saturated heterocycles. The van der Waals surface area contributed by atoms with Crippen molar-refractivity contribution in [3.8, 4) is 0 Å². The average molecular weight is 349 g/mol. The van der Waals surface area contributed by atoms with Crippen LogP contribution < -0.4 is 0 Å². The van der Waals surface area contributed by atoms with Gasteiger partial charge in [0.2, 0.25) is 0 Å². The van der Waals surface area contributed by atoms with Crippen molar-refractivity contribution in [1.82, 2.24) is 0 Å². The lowest BCUT2D eigenvalue weighted by atomic mass is 10.4. The van der Waals surface area contributed by atoms with Crippen molar-refractivity contribution in [2.75, 3.05) is 0 Å². The summed E-state index contributed by atoms with van der Waals surface area (Å²) in [5.74, 6) is 0. The molecule has 0 spiro atoms. The van der Waals surface area contributed by atoms with E-state index in [1.165, 1.54) is 0 Å². The van der Waals surface area contributed by atoms with Crippen LogP contribution in [0.1, 0.15) is 0 Å². The molecule has 0 bridgehead atoms. The molecule has 0 unspecified atom stereocenters. The Bertz CT molecular complexity index is 433. The molecule has 0 aromatic heterocycles. The lowest BCUT2D eigenvalue weighted by molar-refractivity contribution is -0.284. The van der Waals surface area contributed by atoms with Gasteiger partial charge in [0.15, 0.2) is 0 Å². The Morgan fingerprint density at radius 2 is 1.35 bits per heavy atom. The summed E-state index contributed by atoms with van der Waals surface area (Å²) in [6.07, 6.45) is -6.15. The average Bonchev–Trinajstić information content (AvgIpc) is 1.96. The summed E-state index contributed by atoms with van der Waals surface area (Å²) in [5, 5.41) is 0. The van der Waals surface area contributed by atoms with Crippen molar-refractivity contribution in [1.29, 1.82) is 0 Å². The highest BCUT2D eigenvalue weighted by Gasteiger charge is 2.71. The highest BCUT2D eigenvalue weighted by molar-refractivity contribution is 9.10. The molecule has 100 valence electrons. The van der Waals surface area contributed by atoms with E-state index in [9.17, 15) is 28.7 Å². The minimum Gasteiger partial charge on any atom is -0.160 e. The number of hydrogen-bond donors (Lipinski definition) is 0. The van der Waals surface area contributed by atoms with E-state index in [1.54, 1.807) is 0 Å². The third-order valence-electron chi connectivity index (χ3n) is 1.53. The van der Waals surface area contributed by atoms with E-state index in [-0.39, 0.29) is 16.6 Å². The molecule has 0 aliphatic carbocycles. The molecule has 0 N–H and O–H groups in total. The van der Waals surface area contributed by atoms with Gasteiger partial charge in [-0.05, 0) is 24.3 Å². The lowest BCUT2D eigenvalue weighted by Gasteiger charge is -2.48. The molecule has 0 aliphatic heterocycles. The SMILES string of the molecule is FC(F)(F)OS(F)(F)(F)(F)c1ccc(Br)cc1. The van der Waals surface area contributed by atoms with E-state index in [4.69, 9.17) is 0 Å². The Kier molecular flexibility index (Phi) is 2.82. The van der Waals surface area contributed by atoms with E-state index in [0.29, 0.717) is 0 Å². The van der Waals surface area contributed by atoms with Crippen LogP contribution in [0.4, 0.5) is 28.7 Å². The Morgan fingerprint density at radius 3 is 1.71 bits per heavy atom. The zero-order valence-corrected chi connectivity index (χ0v) is 10.1. The largest absolute Gasteiger partial charge is 0.538 e. The summed E-state index contributed by atoms with van der Waals surface area (Å²) in [6.45, 7) is 0. The van der Waals surface area contributed by atoms with Crippen molar-refractivity contribution in [3.05, 3.63) is 28.7 Å². The van der Waals surface area contributed by atoms with E-state index in [2.05, 4.69) is 15.9 Å². The van der Waals surface area contributed by atoms with Gasteiger partial charge in [0.1, 0.15) is 4.90 Å². The van der Waals surface area contributed by atoms with Crippen LogP contribution in [0.15, 0.2) is 33.6 Å². The van der Waals surface area contributed by atoms with Crippen LogP contribution in [0, 0.1) is 0 Å². The van der Waals surface area contributed by atoms with Gasteiger partial charge in [-0.3, -0.25) is 0 Å². The first kappa shape index (κ1) is 14.6. The first-order chi connectivity index (χ1) is 7.22. The zero-order valence-electron chi connectivity index (χ0n) is 7.65. The molecule has 1 nitrogen and oxygen atoms in total. The quantitative estimate of drug-likeness (QED) is 0.625. The van der Waals surface area contributed by atoms with Gasteiger partial charge in [-0.2, -0.15) is 4.18 Å². The number of halogens is 8. The second-order valence-corrected chi connectivity index (χ2v) is 6.52. The van der Waals surface area contributed by atoms with Gasteiger partial charge < -0.3 is 0 Å². The summed E-state index contributed by atoms with van der Waals surface area (Å²) in [5.41, 5.74) is 0. The molecular formula is C7H4BrF7OS. The monoisotopic (exact) mass is 348 g/mol. The van der Waals surface area contributed by atoms with Crippen molar-refractivity contribution in [3.63, 3.8) is 0 Å². The van der Waals surface area contributed by atoms with Crippen LogP contribution in [-0.2, 0) is 4.18 Å². The highest BCUT2D eigenvalue weighted by Crippen LogP contribution is 3.02. The van der Waals surface area contributed by atoms with Crippen molar-refractivity contribution >= 4 is 26.0 Å². The summed E-state index contributed by atoms with van der Waals surface area (Å²) >= 11 is 2.77. The summed E-state index contributed by atoms with van der Waals surface area (Å²) in [7, 11) is -9.80. The van der Waals surface area contributed by atoms with Crippen LogP contribution >= 0.6 is 26.0 Å². The third kappa shape index (κ3) is 3.75. The first-order valence-corrected chi connectivity index (χ1v) is 6.54. The van der Waals surface area contributed by atoms with Crippen molar-refractivity contribution < 1.29 is 32.9 Å². The van der Waals surface area contributed by atoms with Gasteiger partial charge in [-0.1, -0.05) is 31.5 Å². The minimum absolute atomic E-state index is 0.154. The van der Waals surface area contributed by atoms with Gasteiger partial charge in [-0.15, -0.1) is 13.2 Å². The number of benzene rings is 1. The molecule has 1 aromatic carbocycles. The Morgan fingerprint density at radius 1 is 0.941 bits per heavy atom. The second-order valence-electron chi connectivity index (χ2n) is 2.98. The molecular weight excluding hydrogens is 345 g/mol. The molecule has 10 heteroatoms. The molecule has 0 amide bonds. The van der Waals surface area contributed by atoms with E-state index >= 15 is 0 Å². The number of alkyl halides is 3. The smallest absolute Gasteiger partial charge is 0.160 e. The lowest BCUT2D eigenvalue weighted by Crippen LogP contribution is -2.27. The van der Waals surface area contributed by atoms with Crippen LogP contribution in [0.3, 0.4) is 0 Å². The Balaban J connectivity index is 3.35. The molecule has 0 atom stereocenters. The molecule has 0 aliphatic rings. The van der Waals surface area contributed by atoms with Crippen LogP contribution in [0.5, 0.6) is 0 Å². The normalized spacial score (nSPS) is 17.4. The standard InChI is InChI=1S/C7H4BrF7OS/c8-5-1-3-6(4-2-5)17(12,13,14,15)16-7(9,10)11/h1-4H. The van der Waals surface area contributed by atoms with Crippen molar-refractivity contribution in [2.45, 2.75) is 11.3 Å². The predicted octanol–water partition coefficient (Wildman–Crippen LogP) is 5.67. The minimum atomic E-state index is -9.80. The maximum Gasteiger partial charge on any atom is 0.538 e. The maximum atomic E-state index is 13.0. The Labute approximate surface area is 99.3 Å². The summed E-state index contributed by atoms with van der Waals surface area (Å²) in [6, 6.07) is 1.84. The molecule has 0 fully saturated rings. The number of hydrogen-bond acceptors (Lipinski definition) is 1. The predicted molar refractivity (Wildman–Crippen MR) is 51.6 cm³/mol. The van der Waals surface area contributed by atoms with Crippen LogP contribution in [0.25, 0.3) is 0 Å². The topological polar surface area (TPSA) is 9.23 Å². The van der Waals surface area contributed by atoms with Gasteiger partial charge >= 0.3 is 6.36 Å². The molecule has 0 radical (unpaired) electrons. The summed E-state index contributed by atoms with van der Waals surface area (Å²) < 4.78 is 88.9. The molecule has 0 saturated carbocycles. The molecule has 0 heterocycles. The second kappa shape index (κ2) is 3.29. The zero-order chi connectivity index (χ0) is 13.6. The fourth-order valence-corrected chi connectivity index (χ4v) is 2.33. The maximum absolute atomic E-state index is 13.0. The van der Waals surface area contributed by atoms with Gasteiger partial charge in [0.25, 0.3) is 10.1 Å². The van der Waals surface area contributed by atoms with Gasteiger partial charge in [0, 0.05) is 4.47 Å². The van der Waals surface area contributed by atoms with Gasteiger partial charge in [-0.25, -0.2) is 0 Å². The van der Waals surface area contributed by atoms with Gasteiger partial charge in [0.05, 0.1) is 0 Å². The number of rotatable bonds is 2. The molecule has 1 rings (SSSR count). The molecule has 1 aromatic rings. The van der Waals surface area contributed by atoms with Crippen LogP contribution in [-0.4, -0.2) is 6.36 Å². The molecule has 17 heavy (non-hydrogen) atoms. The van der Waals surface area contributed by atoms with Crippen molar-refractivity contribution in [2.24, 2.45) is 0 Å². The fourth-order valence-electron chi connectivity index (χ4n) is 0.934. The van der Waals surface area contributed by atoms with E-state index < -0.39 is 21.4 Å².